The minimum atomic E-state index is -0.478. The van der Waals surface area contributed by atoms with Gasteiger partial charge in [-0.05, 0) is 42.2 Å². The molecule has 20 heavy (non-hydrogen) atoms. The molecule has 2 rings (SSSR count). The van der Waals surface area contributed by atoms with E-state index in [2.05, 4.69) is 11.1 Å². The first kappa shape index (κ1) is 14.0. The molecular formula is C17H17N3. The van der Waals surface area contributed by atoms with Crippen molar-refractivity contribution in [2.45, 2.75) is 25.7 Å². The summed E-state index contributed by atoms with van der Waals surface area (Å²) in [5, 5.41) is 16.9. The largest absolute Gasteiger partial charge is 0.308 e. The van der Waals surface area contributed by atoms with Crippen LogP contribution in [0, 0.1) is 16.7 Å². The molecule has 0 bridgehead atoms. The normalized spacial score (nSPS) is 13.2. The predicted molar refractivity (Wildman–Crippen MR) is 80.8 cm³/mol. The lowest BCUT2D eigenvalue weighted by Gasteiger charge is -2.20. The van der Waals surface area contributed by atoms with E-state index < -0.39 is 5.41 Å². The number of nitrogens with zero attached hydrogens (tertiary/aromatic N) is 2. The number of nitriles is 1. The van der Waals surface area contributed by atoms with Crippen molar-refractivity contribution in [2.75, 3.05) is 0 Å². The van der Waals surface area contributed by atoms with Crippen LogP contribution >= 0.6 is 0 Å². The molecule has 0 radical (unpaired) electrons. The molecule has 0 aliphatic rings. The smallest absolute Gasteiger partial charge is 0.0792 e. The highest BCUT2D eigenvalue weighted by molar-refractivity contribution is 5.88. The maximum absolute atomic E-state index is 9.40. The Balaban J connectivity index is 2.56. The highest BCUT2D eigenvalue weighted by Gasteiger charge is 2.24. The van der Waals surface area contributed by atoms with E-state index >= 15 is 0 Å². The third-order valence-electron chi connectivity index (χ3n) is 3.77. The van der Waals surface area contributed by atoms with Crippen LogP contribution in [0.4, 0.5) is 0 Å². The molecule has 1 aromatic carbocycles. The van der Waals surface area contributed by atoms with E-state index in [-0.39, 0.29) is 0 Å². The third kappa shape index (κ3) is 2.46. The van der Waals surface area contributed by atoms with Gasteiger partial charge in [0.15, 0.2) is 0 Å². The highest BCUT2D eigenvalue weighted by atomic mass is 14.6. The molecule has 1 atom stereocenters. The van der Waals surface area contributed by atoms with Gasteiger partial charge in [-0.25, -0.2) is 0 Å². The predicted octanol–water partition coefficient (Wildman–Crippen LogP) is 3.94. The van der Waals surface area contributed by atoms with Gasteiger partial charge < -0.3 is 5.41 Å². The lowest BCUT2D eigenvalue weighted by Crippen LogP contribution is -2.17. The maximum Gasteiger partial charge on any atom is 0.0792 e. The first-order valence-corrected chi connectivity index (χ1v) is 6.61. The van der Waals surface area contributed by atoms with E-state index in [1.165, 1.54) is 6.21 Å². The number of benzene rings is 1. The fourth-order valence-electron chi connectivity index (χ4n) is 2.16. The van der Waals surface area contributed by atoms with Gasteiger partial charge in [0, 0.05) is 24.2 Å². The van der Waals surface area contributed by atoms with Crippen molar-refractivity contribution in [1.29, 1.82) is 10.7 Å². The molecule has 0 aliphatic heterocycles. The maximum atomic E-state index is 9.40. The van der Waals surface area contributed by atoms with Gasteiger partial charge in [0.2, 0.25) is 0 Å². The fraction of sp³-hybridized carbons (Fsp3) is 0.235. The number of pyridine rings is 1. The Labute approximate surface area is 119 Å². The van der Waals surface area contributed by atoms with Crippen LogP contribution in [0.5, 0.6) is 0 Å². The topological polar surface area (TPSA) is 60.5 Å². The first-order chi connectivity index (χ1) is 9.64. The van der Waals surface area contributed by atoms with Gasteiger partial charge in [-0.3, -0.25) is 4.98 Å². The molecule has 3 heteroatoms. The number of hydrogen-bond donors (Lipinski definition) is 1. The highest BCUT2D eigenvalue weighted by Crippen LogP contribution is 2.31. The van der Waals surface area contributed by atoms with Crippen molar-refractivity contribution in [1.82, 2.24) is 4.98 Å². The Hall–Kier alpha value is -2.47. The number of hydrogen-bond acceptors (Lipinski definition) is 3. The summed E-state index contributed by atoms with van der Waals surface area (Å²) in [5.41, 5.74) is 3.28. The summed E-state index contributed by atoms with van der Waals surface area (Å²) in [4.78, 5) is 4.04. The molecule has 2 aromatic rings. The summed E-state index contributed by atoms with van der Waals surface area (Å²) in [6, 6.07) is 12.3. The second-order valence-corrected chi connectivity index (χ2v) is 4.99. The lowest BCUT2D eigenvalue weighted by atomic mass is 9.80. The molecule has 3 nitrogen and oxygen atoms in total. The van der Waals surface area contributed by atoms with Crippen LogP contribution in [0.3, 0.4) is 0 Å². The Morgan fingerprint density at radius 3 is 2.85 bits per heavy atom. The van der Waals surface area contributed by atoms with Crippen molar-refractivity contribution in [3.05, 3.63) is 53.9 Å². The average molecular weight is 263 g/mol. The first-order valence-electron chi connectivity index (χ1n) is 6.61. The minimum Gasteiger partial charge on any atom is -0.308 e. The quantitative estimate of drug-likeness (QED) is 0.849. The van der Waals surface area contributed by atoms with Crippen LogP contribution in [-0.2, 0) is 5.41 Å². The minimum absolute atomic E-state index is 0.478. The number of rotatable bonds is 4. The molecule has 0 spiro atoms. The van der Waals surface area contributed by atoms with Crippen molar-refractivity contribution in [3.63, 3.8) is 0 Å². The van der Waals surface area contributed by atoms with E-state index in [9.17, 15) is 5.26 Å². The van der Waals surface area contributed by atoms with E-state index in [4.69, 9.17) is 5.41 Å². The van der Waals surface area contributed by atoms with Gasteiger partial charge in [0.25, 0.3) is 0 Å². The van der Waals surface area contributed by atoms with Crippen LogP contribution in [0.1, 0.15) is 31.4 Å². The monoisotopic (exact) mass is 263 g/mol. The van der Waals surface area contributed by atoms with E-state index in [1.807, 2.05) is 44.2 Å². The van der Waals surface area contributed by atoms with E-state index in [1.54, 1.807) is 12.4 Å². The second kappa shape index (κ2) is 5.66. The molecule has 0 aliphatic carbocycles. The van der Waals surface area contributed by atoms with Gasteiger partial charge >= 0.3 is 0 Å². The van der Waals surface area contributed by atoms with Crippen LogP contribution in [0.2, 0.25) is 0 Å². The van der Waals surface area contributed by atoms with Gasteiger partial charge in [0.05, 0.1) is 11.5 Å². The van der Waals surface area contributed by atoms with Crippen LogP contribution in [0.25, 0.3) is 11.1 Å². The van der Waals surface area contributed by atoms with Crippen LogP contribution in [0.15, 0.2) is 42.7 Å². The molecule has 0 fully saturated rings. The zero-order chi connectivity index (χ0) is 14.6. The molecular weight excluding hydrogens is 246 g/mol. The van der Waals surface area contributed by atoms with Crippen molar-refractivity contribution in [2.24, 2.45) is 0 Å². The molecule has 1 heterocycles. The van der Waals surface area contributed by atoms with Crippen molar-refractivity contribution < 1.29 is 0 Å². The van der Waals surface area contributed by atoms with Gasteiger partial charge in [-0.15, -0.1) is 0 Å². The zero-order valence-electron chi connectivity index (χ0n) is 11.7. The third-order valence-corrected chi connectivity index (χ3v) is 3.77. The molecule has 1 aromatic heterocycles. The average Bonchev–Trinajstić information content (AvgIpc) is 2.54. The van der Waals surface area contributed by atoms with Gasteiger partial charge in [-0.1, -0.05) is 25.1 Å². The Morgan fingerprint density at radius 1 is 1.40 bits per heavy atom. The molecule has 0 saturated carbocycles. The molecule has 1 unspecified atom stereocenters. The van der Waals surface area contributed by atoms with Gasteiger partial charge in [-0.2, -0.15) is 5.26 Å². The van der Waals surface area contributed by atoms with Crippen LogP contribution in [-0.4, -0.2) is 11.2 Å². The molecule has 1 N–H and O–H groups in total. The summed E-state index contributed by atoms with van der Waals surface area (Å²) < 4.78 is 0. The summed E-state index contributed by atoms with van der Waals surface area (Å²) in [6.07, 6.45) is 5.47. The Bertz CT molecular complexity index is 670. The fourth-order valence-corrected chi connectivity index (χ4v) is 2.16. The number of aromatic nitrogens is 1. The van der Waals surface area contributed by atoms with E-state index in [0.717, 1.165) is 28.7 Å². The Morgan fingerprint density at radius 2 is 2.20 bits per heavy atom. The van der Waals surface area contributed by atoms with Gasteiger partial charge in [0.1, 0.15) is 0 Å². The second-order valence-electron chi connectivity index (χ2n) is 4.99. The summed E-state index contributed by atoms with van der Waals surface area (Å²) in [5.74, 6) is 0. The van der Waals surface area contributed by atoms with Crippen molar-refractivity contribution in [3.8, 4) is 17.2 Å². The number of nitrogens with one attached hydrogen (secondary N) is 1. The summed E-state index contributed by atoms with van der Waals surface area (Å²) >= 11 is 0. The van der Waals surface area contributed by atoms with Crippen molar-refractivity contribution >= 4 is 6.21 Å². The lowest BCUT2D eigenvalue weighted by molar-refractivity contribution is 0.587. The standard InChI is InChI=1S/C17H17N3/c1-3-17(2,12-19)15-6-4-5-13(9-15)16-7-8-20-11-14(16)10-18/h4-11,18H,3H2,1-2H3. The summed E-state index contributed by atoms with van der Waals surface area (Å²) in [7, 11) is 0. The van der Waals surface area contributed by atoms with Crippen LogP contribution < -0.4 is 0 Å². The zero-order valence-corrected chi connectivity index (χ0v) is 11.7. The summed E-state index contributed by atoms with van der Waals surface area (Å²) in [6.45, 7) is 3.97. The Kier molecular flexibility index (Phi) is 3.95. The van der Waals surface area contributed by atoms with E-state index in [0.29, 0.717) is 0 Å². The molecule has 0 saturated heterocycles. The SMILES string of the molecule is CCC(C)(C#N)c1cccc(-c2ccncc2C=N)c1. The molecule has 100 valence electrons. The molecule has 0 amide bonds.